The quantitative estimate of drug-likeness (QED) is 0.826. The molecule has 1 fully saturated rings. The van der Waals surface area contributed by atoms with Gasteiger partial charge in [-0.3, -0.25) is 9.89 Å². The van der Waals surface area contributed by atoms with Gasteiger partial charge in [-0.1, -0.05) is 0 Å². The number of aromatic nitrogens is 2. The SMILES string of the molecule is O=C(c1n[nH]c2c1CNCC2)N1CCC(C(F)(F)F)CC1. The lowest BCUT2D eigenvalue weighted by Gasteiger charge is -2.32. The first kappa shape index (κ1) is 14.4. The zero-order chi connectivity index (χ0) is 15.0. The number of nitrogens with one attached hydrogen (secondary N) is 2. The molecule has 116 valence electrons. The number of alkyl halides is 3. The Morgan fingerprint density at radius 2 is 2.00 bits per heavy atom. The molecular weight excluding hydrogens is 285 g/mol. The Hall–Kier alpha value is -1.57. The lowest BCUT2D eigenvalue weighted by molar-refractivity contribution is -0.183. The highest BCUT2D eigenvalue weighted by atomic mass is 19.4. The monoisotopic (exact) mass is 302 g/mol. The molecule has 2 N–H and O–H groups in total. The van der Waals surface area contributed by atoms with Gasteiger partial charge in [-0.25, -0.2) is 0 Å². The van der Waals surface area contributed by atoms with Gasteiger partial charge in [-0.2, -0.15) is 18.3 Å². The summed E-state index contributed by atoms with van der Waals surface area (Å²) in [6.45, 7) is 1.68. The van der Waals surface area contributed by atoms with Crippen LogP contribution in [0.4, 0.5) is 13.2 Å². The van der Waals surface area contributed by atoms with Crippen LogP contribution in [0.15, 0.2) is 0 Å². The molecule has 0 aliphatic carbocycles. The van der Waals surface area contributed by atoms with Crippen LogP contribution in [0.2, 0.25) is 0 Å². The molecule has 2 aliphatic rings. The molecule has 0 bridgehead atoms. The fourth-order valence-corrected chi connectivity index (χ4v) is 2.96. The molecule has 1 amide bonds. The third-order valence-corrected chi connectivity index (χ3v) is 4.25. The van der Waals surface area contributed by atoms with E-state index in [1.54, 1.807) is 0 Å². The Morgan fingerprint density at radius 3 is 2.67 bits per heavy atom. The van der Waals surface area contributed by atoms with Crippen molar-refractivity contribution in [2.45, 2.75) is 32.0 Å². The minimum atomic E-state index is -4.16. The number of carbonyl (C=O) groups excluding carboxylic acids is 1. The molecule has 1 saturated heterocycles. The van der Waals surface area contributed by atoms with Crippen LogP contribution >= 0.6 is 0 Å². The molecule has 0 atom stereocenters. The largest absolute Gasteiger partial charge is 0.391 e. The topological polar surface area (TPSA) is 61.0 Å². The van der Waals surface area contributed by atoms with E-state index < -0.39 is 12.1 Å². The average Bonchev–Trinajstić information content (AvgIpc) is 2.90. The predicted octanol–water partition coefficient (Wildman–Crippen LogP) is 1.47. The second kappa shape index (κ2) is 5.32. The maximum atomic E-state index is 12.6. The van der Waals surface area contributed by atoms with Gasteiger partial charge in [0.05, 0.1) is 5.92 Å². The first-order chi connectivity index (χ1) is 9.97. The van der Waals surface area contributed by atoms with Crippen LogP contribution in [0.3, 0.4) is 0 Å². The molecule has 1 aromatic heterocycles. The van der Waals surface area contributed by atoms with Gasteiger partial charge in [0.15, 0.2) is 5.69 Å². The fraction of sp³-hybridized carbons (Fsp3) is 0.692. The van der Waals surface area contributed by atoms with Crippen molar-refractivity contribution in [3.8, 4) is 0 Å². The number of amides is 1. The van der Waals surface area contributed by atoms with Crippen molar-refractivity contribution >= 4 is 5.91 Å². The second-order valence-electron chi connectivity index (χ2n) is 5.56. The molecule has 0 spiro atoms. The molecule has 0 aromatic carbocycles. The summed E-state index contributed by atoms with van der Waals surface area (Å²) in [6, 6.07) is 0. The van der Waals surface area contributed by atoms with Crippen molar-refractivity contribution in [3.63, 3.8) is 0 Å². The number of likely N-dealkylation sites (tertiary alicyclic amines) is 1. The molecule has 8 heteroatoms. The summed E-state index contributed by atoms with van der Waals surface area (Å²) >= 11 is 0. The molecule has 21 heavy (non-hydrogen) atoms. The van der Waals surface area contributed by atoms with E-state index in [9.17, 15) is 18.0 Å². The lowest BCUT2D eigenvalue weighted by atomic mass is 9.96. The van der Waals surface area contributed by atoms with Crippen LogP contribution in [0.5, 0.6) is 0 Å². The van der Waals surface area contributed by atoms with Crippen molar-refractivity contribution in [3.05, 3.63) is 17.0 Å². The second-order valence-corrected chi connectivity index (χ2v) is 5.56. The summed E-state index contributed by atoms with van der Waals surface area (Å²) in [5.74, 6) is -1.56. The maximum absolute atomic E-state index is 12.6. The van der Waals surface area contributed by atoms with Crippen LogP contribution < -0.4 is 5.32 Å². The van der Waals surface area contributed by atoms with Crippen LogP contribution in [0.1, 0.15) is 34.6 Å². The van der Waals surface area contributed by atoms with Crippen LogP contribution in [0, 0.1) is 5.92 Å². The van der Waals surface area contributed by atoms with Crippen LogP contribution in [-0.4, -0.2) is 46.8 Å². The summed E-state index contributed by atoms with van der Waals surface area (Å²) in [5.41, 5.74) is 2.15. The number of carbonyl (C=O) groups is 1. The Balaban J connectivity index is 1.69. The molecule has 3 rings (SSSR count). The first-order valence-corrected chi connectivity index (χ1v) is 7.09. The van der Waals surface area contributed by atoms with E-state index in [0.717, 1.165) is 24.2 Å². The summed E-state index contributed by atoms with van der Waals surface area (Å²) < 4.78 is 37.9. The molecule has 0 unspecified atom stereocenters. The third kappa shape index (κ3) is 2.76. The van der Waals surface area contributed by atoms with Gasteiger partial charge >= 0.3 is 6.18 Å². The van der Waals surface area contributed by atoms with Crippen molar-refractivity contribution < 1.29 is 18.0 Å². The van der Waals surface area contributed by atoms with Gasteiger partial charge in [-0.05, 0) is 12.8 Å². The molecule has 0 saturated carbocycles. The van der Waals surface area contributed by atoms with E-state index in [1.807, 2.05) is 0 Å². The van der Waals surface area contributed by atoms with Crippen molar-refractivity contribution in [1.29, 1.82) is 0 Å². The van der Waals surface area contributed by atoms with Gasteiger partial charge in [0.2, 0.25) is 0 Å². The van der Waals surface area contributed by atoms with Gasteiger partial charge < -0.3 is 10.2 Å². The van der Waals surface area contributed by atoms with Gasteiger partial charge in [0, 0.05) is 43.9 Å². The molecule has 2 aliphatic heterocycles. The zero-order valence-corrected chi connectivity index (χ0v) is 11.5. The van der Waals surface area contributed by atoms with Crippen molar-refractivity contribution in [2.24, 2.45) is 5.92 Å². The van der Waals surface area contributed by atoms with Crippen LogP contribution in [-0.2, 0) is 13.0 Å². The van der Waals surface area contributed by atoms with E-state index >= 15 is 0 Å². The molecule has 5 nitrogen and oxygen atoms in total. The van der Waals surface area contributed by atoms with Gasteiger partial charge in [0.25, 0.3) is 5.91 Å². The van der Waals surface area contributed by atoms with Crippen molar-refractivity contribution in [2.75, 3.05) is 19.6 Å². The summed E-state index contributed by atoms with van der Waals surface area (Å²) in [4.78, 5) is 13.9. The summed E-state index contributed by atoms with van der Waals surface area (Å²) in [6.07, 6.45) is -3.43. The van der Waals surface area contributed by atoms with E-state index in [4.69, 9.17) is 0 Å². The third-order valence-electron chi connectivity index (χ3n) is 4.25. The predicted molar refractivity (Wildman–Crippen MR) is 68.7 cm³/mol. The normalized spacial score (nSPS) is 20.4. The molecule has 0 radical (unpaired) electrons. The van der Waals surface area contributed by atoms with Gasteiger partial charge in [-0.15, -0.1) is 0 Å². The summed E-state index contributed by atoms with van der Waals surface area (Å²) in [7, 11) is 0. The number of H-pyrrole nitrogens is 1. The minimum Gasteiger partial charge on any atom is -0.337 e. The number of nitrogens with zero attached hydrogens (tertiary/aromatic N) is 2. The van der Waals surface area contributed by atoms with E-state index in [2.05, 4.69) is 15.5 Å². The minimum absolute atomic E-state index is 0.0277. The highest BCUT2D eigenvalue weighted by Gasteiger charge is 2.42. The number of hydrogen-bond donors (Lipinski definition) is 2. The highest BCUT2D eigenvalue weighted by molar-refractivity contribution is 5.94. The molecule has 3 heterocycles. The molecule has 1 aromatic rings. The smallest absolute Gasteiger partial charge is 0.337 e. The maximum Gasteiger partial charge on any atom is 0.391 e. The van der Waals surface area contributed by atoms with E-state index in [-0.39, 0.29) is 31.8 Å². The van der Waals surface area contributed by atoms with Crippen molar-refractivity contribution in [1.82, 2.24) is 20.4 Å². The number of fused-ring (bicyclic) bond motifs is 1. The number of piperidine rings is 1. The number of hydrogen-bond acceptors (Lipinski definition) is 3. The Bertz CT molecular complexity index is 532. The fourth-order valence-electron chi connectivity index (χ4n) is 2.96. The highest BCUT2D eigenvalue weighted by Crippen LogP contribution is 2.34. The first-order valence-electron chi connectivity index (χ1n) is 7.09. The molecular formula is C13H17F3N4O. The lowest BCUT2D eigenvalue weighted by Crippen LogP contribution is -2.42. The Kier molecular flexibility index (Phi) is 3.64. The summed E-state index contributed by atoms with van der Waals surface area (Å²) in [5, 5.41) is 10.1. The number of halogens is 3. The average molecular weight is 302 g/mol. The van der Waals surface area contributed by atoms with Crippen LogP contribution in [0.25, 0.3) is 0 Å². The number of rotatable bonds is 1. The van der Waals surface area contributed by atoms with Gasteiger partial charge in [0.1, 0.15) is 0 Å². The zero-order valence-electron chi connectivity index (χ0n) is 11.5. The Labute approximate surface area is 119 Å². The number of aromatic amines is 1. The Morgan fingerprint density at radius 1 is 1.29 bits per heavy atom. The standard InChI is InChI=1S/C13H17F3N4O/c14-13(15,16)8-2-5-20(6-3-8)12(21)11-9-7-17-4-1-10(9)18-19-11/h8,17H,1-7H2,(H,18,19). The van der Waals surface area contributed by atoms with E-state index in [1.165, 1.54) is 4.90 Å². The van der Waals surface area contributed by atoms with E-state index in [0.29, 0.717) is 12.2 Å².